The van der Waals surface area contributed by atoms with Crippen LogP contribution in [0.15, 0.2) is 30.5 Å². The Kier molecular flexibility index (Phi) is 11.3. The molecule has 1 aliphatic rings. The summed E-state index contributed by atoms with van der Waals surface area (Å²) in [5, 5.41) is 5.61. The standard InChI is InChI=1S/C13H19NO.C6H9NO.C2H6/c1-5-10(3)13(15)14-12-8-9(2)6-7-11(12)4;1-5-3-2-4-6(8)7-5;1-2/h6-8,10H,5H2,1-4H3,(H,14,15);1-4H2,(H,7,8);1-2H3. The summed E-state index contributed by atoms with van der Waals surface area (Å²) in [6.07, 6.45) is 3.45. The van der Waals surface area contributed by atoms with Crippen LogP contribution in [0.5, 0.6) is 0 Å². The Balaban J connectivity index is 0.000000483. The molecule has 0 bridgehead atoms. The summed E-state index contributed by atoms with van der Waals surface area (Å²) in [5.41, 5.74) is 4.07. The zero-order valence-corrected chi connectivity index (χ0v) is 16.7. The molecule has 1 aliphatic heterocycles. The first kappa shape index (κ1) is 22.9. The van der Waals surface area contributed by atoms with Crippen molar-refractivity contribution in [2.45, 2.75) is 67.2 Å². The molecule has 140 valence electrons. The van der Waals surface area contributed by atoms with Gasteiger partial charge in [0.2, 0.25) is 11.8 Å². The monoisotopic (exact) mass is 346 g/mol. The molecule has 4 heteroatoms. The number of nitrogens with one attached hydrogen (secondary N) is 2. The summed E-state index contributed by atoms with van der Waals surface area (Å²) in [4.78, 5) is 22.2. The Morgan fingerprint density at radius 3 is 2.40 bits per heavy atom. The predicted molar refractivity (Wildman–Crippen MR) is 106 cm³/mol. The van der Waals surface area contributed by atoms with E-state index in [2.05, 4.69) is 17.2 Å². The Morgan fingerprint density at radius 2 is 1.92 bits per heavy atom. The maximum atomic E-state index is 11.7. The van der Waals surface area contributed by atoms with Gasteiger partial charge in [-0.15, -0.1) is 0 Å². The zero-order chi connectivity index (χ0) is 19.4. The van der Waals surface area contributed by atoms with Gasteiger partial charge in [-0.2, -0.15) is 0 Å². The number of carbonyl (C=O) groups is 2. The van der Waals surface area contributed by atoms with Gasteiger partial charge in [0, 0.05) is 23.7 Å². The van der Waals surface area contributed by atoms with Crippen LogP contribution in [0.4, 0.5) is 5.69 Å². The Hall–Kier alpha value is -2.10. The largest absolute Gasteiger partial charge is 0.330 e. The second-order valence-corrected chi connectivity index (χ2v) is 6.12. The van der Waals surface area contributed by atoms with Crippen molar-refractivity contribution >= 4 is 17.5 Å². The maximum absolute atomic E-state index is 11.7. The summed E-state index contributed by atoms with van der Waals surface area (Å²) in [6, 6.07) is 6.09. The highest BCUT2D eigenvalue weighted by molar-refractivity contribution is 5.93. The second-order valence-electron chi connectivity index (χ2n) is 6.12. The van der Waals surface area contributed by atoms with Gasteiger partial charge >= 0.3 is 0 Å². The van der Waals surface area contributed by atoms with E-state index in [1.54, 1.807) is 0 Å². The third-order valence-electron chi connectivity index (χ3n) is 3.91. The van der Waals surface area contributed by atoms with E-state index >= 15 is 0 Å². The van der Waals surface area contributed by atoms with Crippen LogP contribution in [0.1, 0.15) is 64.5 Å². The van der Waals surface area contributed by atoms with Crippen molar-refractivity contribution < 1.29 is 9.59 Å². The van der Waals surface area contributed by atoms with Crippen molar-refractivity contribution in [1.82, 2.24) is 5.32 Å². The number of amides is 2. The molecular weight excluding hydrogens is 312 g/mol. The molecule has 0 spiro atoms. The highest BCUT2D eigenvalue weighted by atomic mass is 16.2. The minimum atomic E-state index is 0.0740. The predicted octanol–water partition coefficient (Wildman–Crippen LogP) is 5.11. The first-order valence-electron chi connectivity index (χ1n) is 9.19. The molecule has 1 aromatic rings. The lowest BCUT2D eigenvalue weighted by molar-refractivity contribution is -0.121. The number of anilines is 1. The lowest BCUT2D eigenvalue weighted by Gasteiger charge is -2.12. The van der Waals surface area contributed by atoms with Gasteiger partial charge in [0.1, 0.15) is 0 Å². The minimum absolute atomic E-state index is 0.0740. The van der Waals surface area contributed by atoms with Crippen LogP contribution in [-0.2, 0) is 9.59 Å². The molecule has 1 aromatic carbocycles. The van der Waals surface area contributed by atoms with Gasteiger partial charge in [0.05, 0.1) is 0 Å². The van der Waals surface area contributed by atoms with Gasteiger partial charge in [0.25, 0.3) is 0 Å². The van der Waals surface area contributed by atoms with E-state index in [4.69, 9.17) is 0 Å². The third kappa shape index (κ3) is 9.08. The number of rotatable bonds is 3. The molecule has 0 aliphatic carbocycles. The van der Waals surface area contributed by atoms with Crippen LogP contribution in [0.3, 0.4) is 0 Å². The van der Waals surface area contributed by atoms with Crippen molar-refractivity contribution in [1.29, 1.82) is 0 Å². The number of hydrogen-bond donors (Lipinski definition) is 2. The van der Waals surface area contributed by atoms with E-state index in [1.807, 2.05) is 59.7 Å². The summed E-state index contributed by atoms with van der Waals surface area (Å²) >= 11 is 0. The van der Waals surface area contributed by atoms with Crippen LogP contribution < -0.4 is 10.6 Å². The van der Waals surface area contributed by atoms with Crippen molar-refractivity contribution in [3.63, 3.8) is 0 Å². The van der Waals surface area contributed by atoms with Crippen LogP contribution in [0.2, 0.25) is 0 Å². The number of piperidine rings is 1. The molecule has 2 rings (SSSR count). The highest BCUT2D eigenvalue weighted by Gasteiger charge is 2.11. The summed E-state index contributed by atoms with van der Waals surface area (Å²) in [6.45, 7) is 15.6. The van der Waals surface area contributed by atoms with Crippen molar-refractivity contribution in [3.8, 4) is 0 Å². The highest BCUT2D eigenvalue weighted by Crippen LogP contribution is 2.17. The topological polar surface area (TPSA) is 58.2 Å². The zero-order valence-electron chi connectivity index (χ0n) is 16.7. The van der Waals surface area contributed by atoms with Gasteiger partial charge < -0.3 is 10.6 Å². The average molecular weight is 347 g/mol. The Labute approximate surface area is 153 Å². The molecule has 1 heterocycles. The summed E-state index contributed by atoms with van der Waals surface area (Å²) in [7, 11) is 0. The van der Waals surface area contributed by atoms with Crippen LogP contribution >= 0.6 is 0 Å². The molecule has 1 atom stereocenters. The molecule has 0 radical (unpaired) electrons. The first-order valence-corrected chi connectivity index (χ1v) is 9.19. The van der Waals surface area contributed by atoms with E-state index in [9.17, 15) is 9.59 Å². The molecule has 1 unspecified atom stereocenters. The summed E-state index contributed by atoms with van der Waals surface area (Å²) in [5.74, 6) is 0.289. The van der Waals surface area contributed by atoms with Crippen LogP contribution in [0, 0.1) is 19.8 Å². The number of hydrogen-bond acceptors (Lipinski definition) is 2. The van der Waals surface area contributed by atoms with Crippen LogP contribution in [-0.4, -0.2) is 11.8 Å². The molecule has 0 aromatic heterocycles. The molecule has 2 N–H and O–H groups in total. The van der Waals surface area contributed by atoms with E-state index < -0.39 is 0 Å². The smallest absolute Gasteiger partial charge is 0.227 e. The van der Waals surface area contributed by atoms with Gasteiger partial charge in [-0.3, -0.25) is 9.59 Å². The SMILES string of the molecule is C=C1CCCC(=O)N1.CC.CCC(C)C(=O)Nc1cc(C)ccc1C. The molecule has 4 nitrogen and oxygen atoms in total. The van der Waals surface area contributed by atoms with Crippen LogP contribution in [0.25, 0.3) is 0 Å². The normalized spacial score (nSPS) is 14.2. The maximum Gasteiger partial charge on any atom is 0.227 e. The first-order chi connectivity index (χ1) is 11.8. The second kappa shape index (κ2) is 12.3. The van der Waals surface area contributed by atoms with Crippen molar-refractivity contribution in [2.75, 3.05) is 5.32 Å². The minimum Gasteiger partial charge on any atom is -0.330 e. The number of allylic oxidation sites excluding steroid dienone is 1. The molecule has 0 saturated carbocycles. The fraction of sp³-hybridized carbons (Fsp3) is 0.524. The van der Waals surface area contributed by atoms with E-state index in [1.165, 1.54) is 5.56 Å². The fourth-order valence-electron chi connectivity index (χ4n) is 2.10. The van der Waals surface area contributed by atoms with Gasteiger partial charge in [-0.05, 0) is 50.3 Å². The van der Waals surface area contributed by atoms with Gasteiger partial charge in [-0.1, -0.05) is 46.4 Å². The molecule has 25 heavy (non-hydrogen) atoms. The molecule has 1 saturated heterocycles. The van der Waals surface area contributed by atoms with E-state index in [0.717, 1.165) is 36.2 Å². The number of benzene rings is 1. The quantitative estimate of drug-likeness (QED) is 0.798. The molecule has 1 fully saturated rings. The van der Waals surface area contributed by atoms with Gasteiger partial charge in [0.15, 0.2) is 0 Å². The number of aryl methyl sites for hydroxylation is 2. The lowest BCUT2D eigenvalue weighted by atomic mass is 10.1. The van der Waals surface area contributed by atoms with Gasteiger partial charge in [-0.25, -0.2) is 0 Å². The average Bonchev–Trinajstić information content (AvgIpc) is 2.59. The summed E-state index contributed by atoms with van der Waals surface area (Å²) < 4.78 is 0. The third-order valence-corrected chi connectivity index (χ3v) is 3.91. The Bertz CT molecular complexity index is 565. The number of carbonyl (C=O) groups excluding carboxylic acids is 2. The molecular formula is C21H34N2O2. The molecule has 2 amide bonds. The Morgan fingerprint density at radius 1 is 1.28 bits per heavy atom. The van der Waals surface area contributed by atoms with E-state index in [-0.39, 0.29) is 17.7 Å². The van der Waals surface area contributed by atoms with Crippen molar-refractivity contribution in [3.05, 3.63) is 41.6 Å². The van der Waals surface area contributed by atoms with Crippen molar-refractivity contribution in [2.24, 2.45) is 5.92 Å². The van der Waals surface area contributed by atoms with E-state index in [0.29, 0.717) is 6.42 Å². The fourth-order valence-corrected chi connectivity index (χ4v) is 2.10. The lowest BCUT2D eigenvalue weighted by Crippen LogP contribution is -2.25.